The highest BCUT2D eigenvalue weighted by Crippen LogP contribution is 2.48. The van der Waals surface area contributed by atoms with Crippen molar-refractivity contribution in [3.8, 4) is 0 Å². The lowest BCUT2D eigenvalue weighted by atomic mass is 9.95. The molecule has 1 aromatic rings. The Morgan fingerprint density at radius 1 is 1.39 bits per heavy atom. The Kier molecular flexibility index (Phi) is 5.58. The van der Waals surface area contributed by atoms with E-state index in [1.165, 1.54) is 13.2 Å². The zero-order valence-corrected chi connectivity index (χ0v) is 13.9. The molecule has 0 spiro atoms. The van der Waals surface area contributed by atoms with Crippen LogP contribution in [0.3, 0.4) is 0 Å². The van der Waals surface area contributed by atoms with E-state index in [4.69, 9.17) is 4.74 Å². The molecule has 0 radical (unpaired) electrons. The summed E-state index contributed by atoms with van der Waals surface area (Å²) in [6.07, 6.45) is 1.91. The van der Waals surface area contributed by atoms with Crippen LogP contribution in [0, 0.1) is 11.7 Å². The number of nitrogens with one attached hydrogen (secondary N) is 2. The van der Waals surface area contributed by atoms with Gasteiger partial charge in [-0.05, 0) is 24.5 Å². The molecule has 1 aliphatic carbocycles. The number of halogens is 1. The molecule has 0 aromatic heterocycles. The Hall–Kier alpha value is -2.11. The summed E-state index contributed by atoms with van der Waals surface area (Å²) in [5.41, 5.74) is 0.600. The van der Waals surface area contributed by atoms with E-state index in [1.54, 1.807) is 20.0 Å². The molecule has 2 N–H and O–H groups in total. The zero-order valence-electron chi connectivity index (χ0n) is 13.9. The first-order valence-electron chi connectivity index (χ1n) is 7.80. The van der Waals surface area contributed by atoms with E-state index in [0.29, 0.717) is 19.0 Å². The number of methoxy groups -OCH3 is 1. The Morgan fingerprint density at radius 3 is 2.65 bits per heavy atom. The standard InChI is InChI=1S/C17H24FN3O2/c1-12(15(22)23-3)10-20-16(19-2)21-11-17(8-9-17)13-6-4-5-7-14(13)18/h4-7,12H,8-11H2,1-3H3,(H2,19,20,21). The Labute approximate surface area is 136 Å². The molecule has 1 aromatic carbocycles. The number of hydrogen-bond donors (Lipinski definition) is 2. The third-order valence-electron chi connectivity index (χ3n) is 4.30. The second-order valence-corrected chi connectivity index (χ2v) is 5.99. The maximum Gasteiger partial charge on any atom is 0.310 e. The number of esters is 1. The van der Waals surface area contributed by atoms with Gasteiger partial charge in [-0.2, -0.15) is 0 Å². The van der Waals surface area contributed by atoms with Gasteiger partial charge in [0, 0.05) is 25.6 Å². The van der Waals surface area contributed by atoms with Gasteiger partial charge in [-0.1, -0.05) is 25.1 Å². The van der Waals surface area contributed by atoms with Crippen LogP contribution < -0.4 is 10.6 Å². The van der Waals surface area contributed by atoms with Gasteiger partial charge in [0.15, 0.2) is 5.96 Å². The lowest BCUT2D eigenvalue weighted by molar-refractivity contribution is -0.144. The molecule has 0 saturated heterocycles. The van der Waals surface area contributed by atoms with Gasteiger partial charge in [-0.25, -0.2) is 4.39 Å². The molecule has 0 bridgehead atoms. The summed E-state index contributed by atoms with van der Waals surface area (Å²) < 4.78 is 18.7. The number of nitrogens with zero attached hydrogens (tertiary/aromatic N) is 1. The quantitative estimate of drug-likeness (QED) is 0.477. The molecular formula is C17H24FN3O2. The SMILES string of the molecule is CN=C(NCC(C)C(=O)OC)NCC1(c2ccccc2F)CC1. The van der Waals surface area contributed by atoms with Crippen LogP contribution in [0.15, 0.2) is 29.3 Å². The summed E-state index contributed by atoms with van der Waals surface area (Å²) in [6, 6.07) is 6.92. The van der Waals surface area contributed by atoms with Crippen LogP contribution in [0.25, 0.3) is 0 Å². The molecule has 0 aliphatic heterocycles. The largest absolute Gasteiger partial charge is 0.469 e. The van der Waals surface area contributed by atoms with E-state index in [-0.39, 0.29) is 23.1 Å². The number of carbonyl (C=O) groups is 1. The predicted molar refractivity (Wildman–Crippen MR) is 87.9 cm³/mol. The van der Waals surface area contributed by atoms with Crippen LogP contribution in [0.1, 0.15) is 25.3 Å². The molecule has 1 fully saturated rings. The van der Waals surface area contributed by atoms with Gasteiger partial charge in [0.25, 0.3) is 0 Å². The summed E-state index contributed by atoms with van der Waals surface area (Å²) in [5.74, 6) is -0.0876. The van der Waals surface area contributed by atoms with Crippen LogP contribution >= 0.6 is 0 Å². The second-order valence-electron chi connectivity index (χ2n) is 5.99. The lowest BCUT2D eigenvalue weighted by Crippen LogP contribution is -2.43. The van der Waals surface area contributed by atoms with Crippen molar-refractivity contribution in [2.75, 3.05) is 27.2 Å². The van der Waals surface area contributed by atoms with Crippen molar-refractivity contribution in [3.05, 3.63) is 35.6 Å². The average Bonchev–Trinajstić information content (AvgIpc) is 3.35. The highest BCUT2D eigenvalue weighted by molar-refractivity contribution is 5.81. The van der Waals surface area contributed by atoms with Gasteiger partial charge in [-0.15, -0.1) is 0 Å². The van der Waals surface area contributed by atoms with Gasteiger partial charge < -0.3 is 15.4 Å². The maximum atomic E-state index is 14.0. The first-order valence-corrected chi connectivity index (χ1v) is 7.80. The van der Waals surface area contributed by atoms with Crippen LogP contribution in [0.4, 0.5) is 4.39 Å². The average molecular weight is 321 g/mol. The Balaban J connectivity index is 1.89. The molecule has 1 aliphatic rings. The molecule has 23 heavy (non-hydrogen) atoms. The minimum Gasteiger partial charge on any atom is -0.469 e. The van der Waals surface area contributed by atoms with E-state index in [1.807, 2.05) is 12.1 Å². The van der Waals surface area contributed by atoms with Crippen molar-refractivity contribution in [1.29, 1.82) is 0 Å². The Morgan fingerprint density at radius 2 is 2.09 bits per heavy atom. The van der Waals surface area contributed by atoms with E-state index in [0.717, 1.165) is 18.4 Å². The van der Waals surface area contributed by atoms with Crippen molar-refractivity contribution in [1.82, 2.24) is 10.6 Å². The number of hydrogen-bond acceptors (Lipinski definition) is 3. The Bertz CT molecular complexity index is 585. The number of rotatable bonds is 6. The smallest absolute Gasteiger partial charge is 0.310 e. The molecular weight excluding hydrogens is 297 g/mol. The number of benzene rings is 1. The van der Waals surface area contributed by atoms with Crippen molar-refractivity contribution >= 4 is 11.9 Å². The number of ether oxygens (including phenoxy) is 1. The molecule has 6 heteroatoms. The van der Waals surface area contributed by atoms with Gasteiger partial charge in [0.1, 0.15) is 5.82 Å². The van der Waals surface area contributed by atoms with Gasteiger partial charge in [-0.3, -0.25) is 9.79 Å². The fourth-order valence-corrected chi connectivity index (χ4v) is 2.59. The van der Waals surface area contributed by atoms with Crippen molar-refractivity contribution < 1.29 is 13.9 Å². The first kappa shape index (κ1) is 17.2. The van der Waals surface area contributed by atoms with E-state index in [9.17, 15) is 9.18 Å². The fraction of sp³-hybridized carbons (Fsp3) is 0.529. The molecule has 0 heterocycles. The molecule has 2 rings (SSSR count). The molecule has 1 unspecified atom stereocenters. The molecule has 0 amide bonds. The van der Waals surface area contributed by atoms with Crippen molar-refractivity contribution in [2.45, 2.75) is 25.2 Å². The zero-order chi connectivity index (χ0) is 16.9. The van der Waals surface area contributed by atoms with Crippen LogP contribution in [0.5, 0.6) is 0 Å². The highest BCUT2D eigenvalue weighted by Gasteiger charge is 2.45. The summed E-state index contributed by atoms with van der Waals surface area (Å²) in [5, 5.41) is 6.33. The van der Waals surface area contributed by atoms with E-state index in [2.05, 4.69) is 15.6 Å². The maximum absolute atomic E-state index is 14.0. The second kappa shape index (κ2) is 7.44. The van der Waals surface area contributed by atoms with Crippen LogP contribution in [0.2, 0.25) is 0 Å². The third kappa shape index (κ3) is 4.21. The van der Waals surface area contributed by atoms with E-state index >= 15 is 0 Å². The number of guanidine groups is 1. The molecule has 1 saturated carbocycles. The van der Waals surface area contributed by atoms with Crippen molar-refractivity contribution in [3.63, 3.8) is 0 Å². The van der Waals surface area contributed by atoms with Gasteiger partial charge in [0.2, 0.25) is 0 Å². The number of aliphatic imine (C=N–C) groups is 1. The van der Waals surface area contributed by atoms with Crippen LogP contribution in [-0.4, -0.2) is 39.2 Å². The normalized spacial score (nSPS) is 17.3. The van der Waals surface area contributed by atoms with E-state index < -0.39 is 0 Å². The minimum atomic E-state index is -0.266. The summed E-state index contributed by atoms with van der Waals surface area (Å²) in [7, 11) is 3.04. The predicted octanol–water partition coefficient (Wildman–Crippen LogP) is 1.83. The van der Waals surface area contributed by atoms with Crippen molar-refractivity contribution in [2.24, 2.45) is 10.9 Å². The molecule has 1 atom stereocenters. The monoisotopic (exact) mass is 321 g/mol. The molecule has 5 nitrogen and oxygen atoms in total. The van der Waals surface area contributed by atoms with Crippen LogP contribution in [-0.2, 0) is 14.9 Å². The van der Waals surface area contributed by atoms with Gasteiger partial charge in [0.05, 0.1) is 13.0 Å². The fourth-order valence-electron chi connectivity index (χ4n) is 2.59. The summed E-state index contributed by atoms with van der Waals surface area (Å²) >= 11 is 0. The number of carbonyl (C=O) groups excluding carboxylic acids is 1. The minimum absolute atomic E-state index is 0.156. The first-order chi connectivity index (χ1) is 11.0. The van der Waals surface area contributed by atoms with Gasteiger partial charge >= 0.3 is 5.97 Å². The highest BCUT2D eigenvalue weighted by atomic mass is 19.1. The third-order valence-corrected chi connectivity index (χ3v) is 4.30. The molecule has 126 valence electrons. The summed E-state index contributed by atoms with van der Waals surface area (Å²) in [6.45, 7) is 2.83. The topological polar surface area (TPSA) is 62.7 Å². The lowest BCUT2D eigenvalue weighted by Gasteiger charge is -2.20. The summed E-state index contributed by atoms with van der Waals surface area (Å²) in [4.78, 5) is 15.5.